The number of rotatable bonds is 22. The van der Waals surface area contributed by atoms with Crippen LogP contribution in [0.25, 0.3) is 0 Å². The second kappa shape index (κ2) is 26.1. The van der Waals surface area contributed by atoms with E-state index in [0.717, 1.165) is 35.1 Å². The molecule has 0 bridgehead atoms. The Morgan fingerprint density at radius 1 is 0.583 bits per heavy atom. The summed E-state index contributed by atoms with van der Waals surface area (Å²) in [5, 5.41) is 0. The maximum absolute atomic E-state index is 13.2. The molecule has 2 N–H and O–H groups in total. The van der Waals surface area contributed by atoms with Crippen LogP contribution in [0.2, 0.25) is 0 Å². The zero-order chi connectivity index (χ0) is 51.1. The van der Waals surface area contributed by atoms with Gasteiger partial charge in [-0.3, -0.25) is 0 Å². The topological polar surface area (TPSA) is 159 Å². The maximum atomic E-state index is 13.2. The van der Waals surface area contributed by atoms with Crippen molar-refractivity contribution in [1.29, 1.82) is 0 Å². The van der Waals surface area contributed by atoms with Crippen LogP contribution in [0.1, 0.15) is 75.6 Å². The Bertz CT molecular complexity index is 2260. The quantitative estimate of drug-likeness (QED) is 0.0744. The molecule has 4 heterocycles. The molecule has 4 aromatic rings. The summed E-state index contributed by atoms with van der Waals surface area (Å²) < 4.78 is 59.2. The minimum Gasteiger partial charge on any atom is -0.445 e. The zero-order valence-corrected chi connectivity index (χ0v) is 42.8. The van der Waals surface area contributed by atoms with Crippen LogP contribution >= 0.6 is 0 Å². The molecular formula is C57H75N3O12. The molecule has 72 heavy (non-hydrogen) atoms. The van der Waals surface area contributed by atoms with Crippen molar-refractivity contribution in [3.8, 4) is 0 Å². The van der Waals surface area contributed by atoms with Gasteiger partial charge in [0, 0.05) is 40.4 Å². The summed E-state index contributed by atoms with van der Waals surface area (Å²) in [5.41, 5.74) is 9.96. The fraction of sp³-hybridized carbons (Fsp3) is 0.509. The van der Waals surface area contributed by atoms with Gasteiger partial charge in [-0.25, -0.2) is 9.59 Å². The summed E-state index contributed by atoms with van der Waals surface area (Å²) in [6, 6.07) is 39.2. The zero-order valence-electron chi connectivity index (χ0n) is 42.8. The normalized spacial score (nSPS) is 25.3. The molecule has 0 aromatic heterocycles. The summed E-state index contributed by atoms with van der Waals surface area (Å²) in [7, 11) is 3.23. The van der Waals surface area contributed by atoms with Gasteiger partial charge in [-0.05, 0) is 94.0 Å². The van der Waals surface area contributed by atoms with Crippen LogP contribution in [0, 0.1) is 11.8 Å². The molecule has 4 aromatic carbocycles. The number of nitrogens with two attached hydrogens (primary N) is 1. The first-order valence-corrected chi connectivity index (χ1v) is 25.1. The third-order valence-electron chi connectivity index (χ3n) is 13.2. The first-order chi connectivity index (χ1) is 34.8. The van der Waals surface area contributed by atoms with Crippen molar-refractivity contribution in [3.63, 3.8) is 0 Å². The van der Waals surface area contributed by atoms with E-state index in [1.54, 1.807) is 24.0 Å². The van der Waals surface area contributed by atoms with Crippen LogP contribution in [0.3, 0.4) is 0 Å². The Morgan fingerprint density at radius 3 is 1.32 bits per heavy atom. The van der Waals surface area contributed by atoms with Gasteiger partial charge in [-0.2, -0.15) is 0 Å². The molecule has 390 valence electrons. The van der Waals surface area contributed by atoms with Gasteiger partial charge in [-0.1, -0.05) is 127 Å². The second-order valence-electron chi connectivity index (χ2n) is 19.8. The van der Waals surface area contributed by atoms with Crippen molar-refractivity contribution in [2.45, 2.75) is 140 Å². The van der Waals surface area contributed by atoms with Crippen molar-refractivity contribution in [1.82, 2.24) is 9.80 Å². The summed E-state index contributed by atoms with van der Waals surface area (Å²) >= 11 is 0. The van der Waals surface area contributed by atoms with E-state index < -0.39 is 24.2 Å². The van der Waals surface area contributed by atoms with Gasteiger partial charge in [0.2, 0.25) is 0 Å². The molecule has 8 rings (SSSR count). The van der Waals surface area contributed by atoms with Crippen LogP contribution in [-0.2, 0) is 73.7 Å². The fourth-order valence-corrected chi connectivity index (χ4v) is 9.96. The number of hydrogen-bond acceptors (Lipinski definition) is 13. The number of amides is 2. The highest BCUT2D eigenvalue weighted by Crippen LogP contribution is 2.42. The number of hydrogen-bond donors (Lipinski definition) is 1. The lowest BCUT2D eigenvalue weighted by Crippen LogP contribution is -2.39. The molecule has 4 aliphatic rings. The summed E-state index contributed by atoms with van der Waals surface area (Å²) in [4.78, 5) is 30.0. The highest BCUT2D eigenvalue weighted by molar-refractivity contribution is 5.68. The number of allylic oxidation sites excluding steroid dienone is 1. The van der Waals surface area contributed by atoms with Crippen molar-refractivity contribution >= 4 is 12.2 Å². The monoisotopic (exact) mass is 994 g/mol. The Kier molecular flexibility index (Phi) is 19.8. The molecule has 0 radical (unpaired) electrons. The van der Waals surface area contributed by atoms with Gasteiger partial charge >= 0.3 is 12.2 Å². The molecule has 15 nitrogen and oxygen atoms in total. The third-order valence-corrected chi connectivity index (χ3v) is 13.2. The standard InChI is InChI=1S/C29H37NO6.C28H38N2O6/c1-5-12-23(17-24-25-26(27(32-4)34-24)36-29(2,3)35-25)19-30(18-21-13-8-6-9-14-21)28(31)33-20-22-15-10-7-11-16-22;1-28(2)35-24-23(34-26(32-3)25(24)36-28)16-22(14-15-29)18-30(17-20-10-6-4-7-11-20)27(31)33-19-21-12-8-5-9-13-21/h5-11,13-16,23-27H,1,12,17-20H2,2-4H3;4-13,22-26H,14-19,29H2,1-3H3/t23-,24+,25?,26-,27+;22-,23+,24?,25-,26+/m00/s1. The highest BCUT2D eigenvalue weighted by Gasteiger charge is 2.57. The number of carbonyl (C=O) groups is 2. The smallest absolute Gasteiger partial charge is 0.410 e. The van der Waals surface area contributed by atoms with E-state index >= 15 is 0 Å². The molecular weight excluding hydrogens is 919 g/mol. The van der Waals surface area contributed by atoms with Crippen molar-refractivity contribution in [3.05, 3.63) is 156 Å². The molecule has 4 saturated heterocycles. The number of carbonyl (C=O) groups excluding carboxylic acids is 2. The molecule has 0 aliphatic carbocycles. The van der Waals surface area contributed by atoms with E-state index in [9.17, 15) is 9.59 Å². The summed E-state index contributed by atoms with van der Waals surface area (Å²) in [6.07, 6.45) is 1.51. The largest absolute Gasteiger partial charge is 0.445 e. The number of benzene rings is 4. The number of ether oxygens (including phenoxy) is 10. The van der Waals surface area contributed by atoms with Crippen LogP contribution in [-0.4, -0.2) is 117 Å². The first-order valence-electron chi connectivity index (χ1n) is 25.1. The van der Waals surface area contributed by atoms with Crippen LogP contribution < -0.4 is 5.73 Å². The van der Waals surface area contributed by atoms with Gasteiger partial charge in [0.1, 0.15) is 37.6 Å². The van der Waals surface area contributed by atoms with Crippen molar-refractivity contribution in [2.24, 2.45) is 17.6 Å². The molecule has 2 amide bonds. The van der Waals surface area contributed by atoms with Gasteiger partial charge in [0.15, 0.2) is 24.2 Å². The molecule has 0 spiro atoms. The van der Waals surface area contributed by atoms with Crippen molar-refractivity contribution < 1.29 is 57.0 Å². The molecule has 2 unspecified atom stereocenters. The van der Waals surface area contributed by atoms with E-state index in [2.05, 4.69) is 6.58 Å². The lowest BCUT2D eigenvalue weighted by Gasteiger charge is -2.30. The van der Waals surface area contributed by atoms with E-state index in [1.807, 2.05) is 155 Å². The van der Waals surface area contributed by atoms with E-state index in [0.29, 0.717) is 45.6 Å². The SMILES string of the molecule is C=CC[C@@H](C[C@H]1O[C@@H](OC)[C@H]2OC(C)(C)OC12)CN(Cc1ccccc1)C(=O)OCc1ccccc1.CO[C@@H]1O[C@H](C[C@H](CCN)CN(Cc2ccccc2)C(=O)OCc2ccccc2)C2OC(C)(C)O[C@@H]21. The molecule has 4 aliphatic heterocycles. The Morgan fingerprint density at radius 2 is 0.944 bits per heavy atom. The maximum Gasteiger partial charge on any atom is 0.410 e. The summed E-state index contributed by atoms with van der Waals surface area (Å²) in [6.45, 7) is 14.4. The Labute approximate surface area is 425 Å². The number of methoxy groups -OCH3 is 2. The average molecular weight is 994 g/mol. The molecule has 0 saturated carbocycles. The highest BCUT2D eigenvalue weighted by atomic mass is 16.8. The number of fused-ring (bicyclic) bond motifs is 2. The van der Waals surface area contributed by atoms with Crippen LogP contribution in [0.15, 0.2) is 134 Å². The third kappa shape index (κ3) is 15.4. The predicted octanol–water partition coefficient (Wildman–Crippen LogP) is 9.37. The summed E-state index contributed by atoms with van der Waals surface area (Å²) in [5.74, 6) is -1.22. The van der Waals surface area contributed by atoms with E-state index in [1.165, 1.54) is 0 Å². The minimum atomic E-state index is -0.696. The second-order valence-corrected chi connectivity index (χ2v) is 19.8. The lowest BCUT2D eigenvalue weighted by molar-refractivity contribution is -0.228. The van der Waals surface area contributed by atoms with E-state index in [4.69, 9.17) is 53.1 Å². The van der Waals surface area contributed by atoms with Crippen LogP contribution in [0.5, 0.6) is 0 Å². The van der Waals surface area contributed by atoms with Gasteiger partial charge in [0.25, 0.3) is 0 Å². The van der Waals surface area contributed by atoms with Gasteiger partial charge in [-0.15, -0.1) is 6.58 Å². The van der Waals surface area contributed by atoms with Crippen LogP contribution in [0.4, 0.5) is 9.59 Å². The molecule has 4 fully saturated rings. The van der Waals surface area contributed by atoms with Gasteiger partial charge in [0.05, 0.1) is 12.2 Å². The first kappa shape index (κ1) is 54.6. The Hall–Kier alpha value is -5.20. The van der Waals surface area contributed by atoms with E-state index in [-0.39, 0.29) is 73.9 Å². The van der Waals surface area contributed by atoms with Gasteiger partial charge < -0.3 is 62.9 Å². The fourth-order valence-electron chi connectivity index (χ4n) is 9.96. The number of nitrogens with zero attached hydrogens (tertiary/aromatic N) is 2. The molecule has 10 atom stereocenters. The minimum absolute atomic E-state index is 0.0801. The Balaban J connectivity index is 0.000000211. The average Bonchev–Trinajstić information content (AvgIpc) is 4.08. The predicted molar refractivity (Wildman–Crippen MR) is 271 cm³/mol. The lowest BCUT2D eigenvalue weighted by atomic mass is 9.94. The molecule has 15 heteroatoms. The van der Waals surface area contributed by atoms with Crippen molar-refractivity contribution in [2.75, 3.05) is 33.9 Å².